The van der Waals surface area contributed by atoms with Gasteiger partial charge in [0.1, 0.15) is 17.4 Å². The lowest BCUT2D eigenvalue weighted by Crippen LogP contribution is -2.00. The van der Waals surface area contributed by atoms with Crippen molar-refractivity contribution in [2.45, 2.75) is 0 Å². The number of ether oxygens (including phenoxy) is 1. The maximum absolute atomic E-state index is 13.9. The van der Waals surface area contributed by atoms with Gasteiger partial charge in [0.25, 0.3) is 0 Å². The van der Waals surface area contributed by atoms with Gasteiger partial charge in [-0.15, -0.1) is 0 Å². The Morgan fingerprint density at radius 1 is 1.25 bits per heavy atom. The van der Waals surface area contributed by atoms with Crippen LogP contribution in [0, 0.1) is 11.6 Å². The number of methoxy groups -OCH3 is 1. The van der Waals surface area contributed by atoms with Crippen molar-refractivity contribution in [3.05, 3.63) is 45.4 Å². The molecule has 0 radical (unpaired) electrons. The van der Waals surface area contributed by atoms with Crippen LogP contribution >= 0.6 is 27.5 Å². The largest absolute Gasteiger partial charge is 0.495 e. The number of anilines is 3. The van der Waals surface area contributed by atoms with E-state index in [1.807, 2.05) is 0 Å². The zero-order chi connectivity index (χ0) is 14.9. The third-order valence-electron chi connectivity index (χ3n) is 2.59. The number of nitrogens with two attached hydrogens (primary N) is 1. The minimum Gasteiger partial charge on any atom is -0.495 e. The van der Waals surface area contributed by atoms with Crippen molar-refractivity contribution in [3.63, 3.8) is 0 Å². The second-order valence-electron chi connectivity index (χ2n) is 3.94. The summed E-state index contributed by atoms with van der Waals surface area (Å²) in [5.41, 5.74) is 6.24. The fourth-order valence-corrected chi connectivity index (χ4v) is 2.54. The predicted octanol–water partition coefficient (Wildman–Crippen LogP) is 4.72. The average Bonchev–Trinajstić information content (AvgIpc) is 2.35. The fourth-order valence-electron chi connectivity index (χ4n) is 1.64. The molecule has 0 aliphatic rings. The summed E-state index contributed by atoms with van der Waals surface area (Å²) in [5, 5.41) is 2.90. The molecule has 0 atom stereocenters. The molecule has 0 aliphatic carbocycles. The zero-order valence-corrected chi connectivity index (χ0v) is 12.6. The monoisotopic (exact) mass is 362 g/mol. The van der Waals surface area contributed by atoms with Gasteiger partial charge in [-0.25, -0.2) is 8.78 Å². The average molecular weight is 364 g/mol. The van der Waals surface area contributed by atoms with Gasteiger partial charge in [-0.05, 0) is 28.1 Å². The van der Waals surface area contributed by atoms with Crippen LogP contribution in [0.15, 0.2) is 28.7 Å². The topological polar surface area (TPSA) is 47.3 Å². The molecule has 20 heavy (non-hydrogen) atoms. The van der Waals surface area contributed by atoms with E-state index in [0.717, 1.165) is 12.1 Å². The van der Waals surface area contributed by atoms with Crippen LogP contribution in [0.25, 0.3) is 0 Å². The second kappa shape index (κ2) is 5.85. The van der Waals surface area contributed by atoms with E-state index >= 15 is 0 Å². The van der Waals surface area contributed by atoms with E-state index in [1.54, 1.807) is 0 Å². The van der Waals surface area contributed by atoms with Crippen molar-refractivity contribution in [2.75, 3.05) is 18.2 Å². The van der Waals surface area contributed by atoms with E-state index in [2.05, 4.69) is 21.2 Å². The first-order chi connectivity index (χ1) is 9.42. The summed E-state index contributed by atoms with van der Waals surface area (Å²) in [7, 11) is 1.42. The summed E-state index contributed by atoms with van der Waals surface area (Å²) < 4.78 is 32.4. The second-order valence-corrected chi connectivity index (χ2v) is 5.20. The van der Waals surface area contributed by atoms with Gasteiger partial charge in [-0.3, -0.25) is 0 Å². The highest BCUT2D eigenvalue weighted by molar-refractivity contribution is 9.10. The van der Waals surface area contributed by atoms with Crippen LogP contribution in [-0.2, 0) is 0 Å². The van der Waals surface area contributed by atoms with Crippen LogP contribution in [0.4, 0.5) is 25.8 Å². The highest BCUT2D eigenvalue weighted by atomic mass is 79.9. The molecule has 0 amide bonds. The Morgan fingerprint density at radius 3 is 2.55 bits per heavy atom. The van der Waals surface area contributed by atoms with E-state index in [9.17, 15) is 8.78 Å². The Kier molecular flexibility index (Phi) is 4.35. The normalized spacial score (nSPS) is 10.4. The molecule has 3 nitrogen and oxygen atoms in total. The molecule has 0 heterocycles. The standard InChI is InChI=1S/C13H10BrClF2N2O/c1-20-12-5-11(9(17)4-10(12)18)19-13-7(14)2-6(16)3-8(13)15/h2-5,19H,18H2,1H3. The Morgan fingerprint density at radius 2 is 1.95 bits per heavy atom. The van der Waals surface area contributed by atoms with Crippen molar-refractivity contribution < 1.29 is 13.5 Å². The van der Waals surface area contributed by atoms with Crippen LogP contribution in [-0.4, -0.2) is 7.11 Å². The summed E-state index contributed by atoms with van der Waals surface area (Å²) in [4.78, 5) is 0. The van der Waals surface area contributed by atoms with E-state index in [-0.39, 0.29) is 16.4 Å². The lowest BCUT2D eigenvalue weighted by atomic mass is 10.2. The van der Waals surface area contributed by atoms with E-state index in [0.29, 0.717) is 15.9 Å². The molecule has 2 rings (SSSR count). The molecule has 0 saturated heterocycles. The third-order valence-corrected chi connectivity index (χ3v) is 3.51. The molecule has 106 valence electrons. The van der Waals surface area contributed by atoms with Gasteiger partial charge in [-0.2, -0.15) is 0 Å². The summed E-state index contributed by atoms with van der Waals surface area (Å²) in [6, 6.07) is 4.88. The number of nitrogens with one attached hydrogen (secondary N) is 1. The quantitative estimate of drug-likeness (QED) is 0.776. The molecule has 0 aromatic heterocycles. The number of nitrogen functional groups attached to an aromatic ring is 1. The number of hydrogen-bond donors (Lipinski definition) is 2. The number of benzene rings is 2. The third kappa shape index (κ3) is 2.96. The SMILES string of the molecule is COc1cc(Nc2c(Cl)cc(F)cc2Br)c(F)cc1N. The molecule has 0 spiro atoms. The number of halogens is 4. The van der Waals surface area contributed by atoms with Crippen molar-refractivity contribution in [1.82, 2.24) is 0 Å². The lowest BCUT2D eigenvalue weighted by Gasteiger charge is -2.14. The molecule has 2 aromatic rings. The van der Waals surface area contributed by atoms with Crippen LogP contribution in [0.3, 0.4) is 0 Å². The fraction of sp³-hybridized carbons (Fsp3) is 0.0769. The van der Waals surface area contributed by atoms with Gasteiger partial charge in [0, 0.05) is 16.6 Å². The summed E-state index contributed by atoms with van der Waals surface area (Å²) in [5.74, 6) is -0.748. The molecular weight excluding hydrogens is 354 g/mol. The summed E-state index contributed by atoms with van der Waals surface area (Å²) >= 11 is 9.10. The summed E-state index contributed by atoms with van der Waals surface area (Å²) in [6.07, 6.45) is 0. The molecule has 7 heteroatoms. The van der Waals surface area contributed by atoms with Crippen molar-refractivity contribution >= 4 is 44.6 Å². The number of hydrogen-bond acceptors (Lipinski definition) is 3. The Labute approximate surface area is 127 Å². The number of rotatable bonds is 3. The molecular formula is C13H10BrClF2N2O. The summed E-state index contributed by atoms with van der Waals surface area (Å²) in [6.45, 7) is 0. The maximum Gasteiger partial charge on any atom is 0.148 e. The molecule has 2 aromatic carbocycles. The molecule has 0 bridgehead atoms. The molecule has 0 aliphatic heterocycles. The van der Waals surface area contributed by atoms with Gasteiger partial charge < -0.3 is 15.8 Å². The first kappa shape index (κ1) is 14.9. The van der Waals surface area contributed by atoms with E-state index in [4.69, 9.17) is 22.1 Å². The maximum atomic E-state index is 13.9. The van der Waals surface area contributed by atoms with Crippen LogP contribution in [0.5, 0.6) is 5.75 Å². The predicted molar refractivity (Wildman–Crippen MR) is 79.8 cm³/mol. The Hall–Kier alpha value is -1.53. The zero-order valence-electron chi connectivity index (χ0n) is 10.3. The highest BCUT2D eigenvalue weighted by Crippen LogP contribution is 2.36. The van der Waals surface area contributed by atoms with Gasteiger partial charge in [0.2, 0.25) is 0 Å². The highest BCUT2D eigenvalue weighted by Gasteiger charge is 2.13. The van der Waals surface area contributed by atoms with E-state index in [1.165, 1.54) is 19.2 Å². The Bertz CT molecular complexity index is 644. The van der Waals surface area contributed by atoms with Crippen molar-refractivity contribution in [1.29, 1.82) is 0 Å². The molecule has 0 saturated carbocycles. The van der Waals surface area contributed by atoms with Crippen LogP contribution in [0.2, 0.25) is 5.02 Å². The minimum absolute atomic E-state index is 0.116. The first-order valence-corrected chi connectivity index (χ1v) is 6.64. The molecule has 3 N–H and O–H groups in total. The molecule has 0 unspecified atom stereocenters. The van der Waals surface area contributed by atoms with Gasteiger partial charge in [0.15, 0.2) is 0 Å². The Balaban J connectivity index is 2.45. The first-order valence-electron chi connectivity index (χ1n) is 5.47. The minimum atomic E-state index is -0.574. The lowest BCUT2D eigenvalue weighted by molar-refractivity contribution is 0.416. The smallest absolute Gasteiger partial charge is 0.148 e. The molecule has 0 fully saturated rings. The van der Waals surface area contributed by atoms with Crippen molar-refractivity contribution in [2.24, 2.45) is 0 Å². The van der Waals surface area contributed by atoms with Crippen LogP contribution < -0.4 is 15.8 Å². The van der Waals surface area contributed by atoms with Crippen molar-refractivity contribution in [3.8, 4) is 5.75 Å². The van der Waals surface area contributed by atoms with E-state index < -0.39 is 11.6 Å². The van der Waals surface area contributed by atoms with Crippen LogP contribution in [0.1, 0.15) is 0 Å². The van der Waals surface area contributed by atoms with Gasteiger partial charge >= 0.3 is 0 Å². The van der Waals surface area contributed by atoms with Gasteiger partial charge in [0.05, 0.1) is 29.2 Å². The van der Waals surface area contributed by atoms with Gasteiger partial charge in [-0.1, -0.05) is 11.6 Å².